The van der Waals surface area contributed by atoms with Gasteiger partial charge in [-0.2, -0.15) is 0 Å². The molecule has 5 heteroatoms. The first-order valence-corrected chi connectivity index (χ1v) is 10.9. The molecule has 1 amide bonds. The molecule has 4 N–H and O–H groups in total. The summed E-state index contributed by atoms with van der Waals surface area (Å²) in [6.45, 7) is 5.12. The minimum absolute atomic E-state index is 0.000378. The first-order valence-electron chi connectivity index (χ1n) is 10.9. The Kier molecular flexibility index (Phi) is 8.03. The third-order valence-corrected chi connectivity index (χ3v) is 5.39. The molecule has 0 aliphatic rings. The topological polar surface area (TPSA) is 81.6 Å². The van der Waals surface area contributed by atoms with Crippen molar-refractivity contribution in [3.63, 3.8) is 0 Å². The second-order valence-electron chi connectivity index (χ2n) is 8.81. The average molecular weight is 433 g/mol. The van der Waals surface area contributed by atoms with Crippen LogP contribution in [0.1, 0.15) is 42.2 Å². The van der Waals surface area contributed by atoms with Crippen molar-refractivity contribution < 1.29 is 15.0 Å². The van der Waals surface area contributed by atoms with Gasteiger partial charge in [-0.1, -0.05) is 66.7 Å². The van der Waals surface area contributed by atoms with Gasteiger partial charge in [-0.05, 0) is 54.7 Å². The number of phenols is 1. The van der Waals surface area contributed by atoms with Crippen LogP contribution in [-0.2, 0) is 24.2 Å². The van der Waals surface area contributed by atoms with Crippen LogP contribution in [0, 0.1) is 0 Å². The first kappa shape index (κ1) is 23.5. The Bertz CT molecular complexity index is 1000. The molecule has 168 valence electrons. The SMILES string of the molecule is CC(C)(Cc1cccc(CC(=O)NCc2ccccc2)c1)NCC(O)c1ccc(O)cc1. The quantitative estimate of drug-likeness (QED) is 0.392. The van der Waals surface area contributed by atoms with E-state index >= 15 is 0 Å². The van der Waals surface area contributed by atoms with E-state index in [1.807, 2.05) is 42.5 Å². The Labute approximate surface area is 190 Å². The van der Waals surface area contributed by atoms with Crippen molar-refractivity contribution in [3.8, 4) is 5.75 Å². The van der Waals surface area contributed by atoms with Gasteiger partial charge in [0, 0.05) is 18.6 Å². The van der Waals surface area contributed by atoms with Crippen molar-refractivity contribution in [3.05, 3.63) is 101 Å². The highest BCUT2D eigenvalue weighted by Gasteiger charge is 2.20. The molecule has 0 radical (unpaired) electrons. The van der Waals surface area contributed by atoms with Crippen LogP contribution in [0.5, 0.6) is 5.75 Å². The predicted molar refractivity (Wildman–Crippen MR) is 127 cm³/mol. The molecular weight excluding hydrogens is 400 g/mol. The van der Waals surface area contributed by atoms with Crippen LogP contribution in [0.2, 0.25) is 0 Å². The second kappa shape index (κ2) is 10.9. The lowest BCUT2D eigenvalue weighted by molar-refractivity contribution is -0.120. The Morgan fingerprint density at radius 1 is 0.906 bits per heavy atom. The smallest absolute Gasteiger partial charge is 0.224 e. The summed E-state index contributed by atoms with van der Waals surface area (Å²) in [7, 11) is 0. The fourth-order valence-electron chi connectivity index (χ4n) is 3.65. The number of carbonyl (C=O) groups excluding carboxylic acids is 1. The second-order valence-corrected chi connectivity index (χ2v) is 8.81. The summed E-state index contributed by atoms with van der Waals surface area (Å²) >= 11 is 0. The zero-order valence-corrected chi connectivity index (χ0v) is 18.7. The van der Waals surface area contributed by atoms with E-state index in [9.17, 15) is 15.0 Å². The van der Waals surface area contributed by atoms with E-state index < -0.39 is 6.10 Å². The number of hydrogen-bond donors (Lipinski definition) is 4. The molecule has 0 aliphatic carbocycles. The van der Waals surface area contributed by atoms with Gasteiger partial charge in [-0.15, -0.1) is 0 Å². The number of aliphatic hydroxyl groups excluding tert-OH is 1. The van der Waals surface area contributed by atoms with Crippen LogP contribution < -0.4 is 10.6 Å². The van der Waals surface area contributed by atoms with Gasteiger partial charge in [-0.25, -0.2) is 0 Å². The van der Waals surface area contributed by atoms with Crippen molar-refractivity contribution in [1.29, 1.82) is 0 Å². The van der Waals surface area contributed by atoms with Gasteiger partial charge in [-0.3, -0.25) is 4.79 Å². The summed E-state index contributed by atoms with van der Waals surface area (Å²) < 4.78 is 0. The van der Waals surface area contributed by atoms with Gasteiger partial charge in [0.15, 0.2) is 0 Å². The lowest BCUT2D eigenvalue weighted by Gasteiger charge is -2.28. The summed E-state index contributed by atoms with van der Waals surface area (Å²) in [5.74, 6) is 0.184. The molecule has 0 aliphatic heterocycles. The van der Waals surface area contributed by atoms with Crippen molar-refractivity contribution in [2.24, 2.45) is 0 Å². The highest BCUT2D eigenvalue weighted by atomic mass is 16.3. The van der Waals surface area contributed by atoms with Crippen molar-refractivity contribution in [1.82, 2.24) is 10.6 Å². The molecule has 3 aromatic rings. The van der Waals surface area contributed by atoms with Crippen molar-refractivity contribution >= 4 is 5.91 Å². The number of phenolic OH excluding ortho intramolecular Hbond substituents is 1. The van der Waals surface area contributed by atoms with Gasteiger partial charge < -0.3 is 20.8 Å². The molecule has 32 heavy (non-hydrogen) atoms. The van der Waals surface area contributed by atoms with Crippen LogP contribution in [-0.4, -0.2) is 28.2 Å². The lowest BCUT2D eigenvalue weighted by atomic mass is 9.93. The maximum Gasteiger partial charge on any atom is 0.224 e. The molecular formula is C27H32N2O3. The van der Waals surface area contributed by atoms with E-state index in [1.165, 1.54) is 0 Å². The van der Waals surface area contributed by atoms with Crippen LogP contribution in [0.15, 0.2) is 78.9 Å². The third kappa shape index (κ3) is 7.52. The normalized spacial score (nSPS) is 12.3. The van der Waals surface area contributed by atoms with Gasteiger partial charge in [0.1, 0.15) is 5.75 Å². The molecule has 1 unspecified atom stereocenters. The zero-order valence-electron chi connectivity index (χ0n) is 18.7. The molecule has 0 spiro atoms. The number of aromatic hydroxyl groups is 1. The maximum atomic E-state index is 12.3. The number of β-amino-alcohol motifs (C(OH)–C–C–N with tert-alkyl or cyclic N) is 1. The minimum atomic E-state index is -0.658. The number of hydrogen-bond acceptors (Lipinski definition) is 4. The number of amides is 1. The predicted octanol–water partition coefficient (Wildman–Crippen LogP) is 3.90. The number of benzene rings is 3. The van der Waals surface area contributed by atoms with Gasteiger partial charge in [0.2, 0.25) is 5.91 Å². The van der Waals surface area contributed by atoms with Crippen molar-refractivity contribution in [2.75, 3.05) is 6.54 Å². The summed E-state index contributed by atoms with van der Waals surface area (Å²) in [5.41, 5.74) is 3.71. The highest BCUT2D eigenvalue weighted by Crippen LogP contribution is 2.19. The van der Waals surface area contributed by atoms with E-state index in [-0.39, 0.29) is 17.2 Å². The number of rotatable bonds is 10. The minimum Gasteiger partial charge on any atom is -0.508 e. The summed E-state index contributed by atoms with van der Waals surface area (Å²) in [4.78, 5) is 12.3. The van der Waals surface area contributed by atoms with E-state index in [2.05, 4.69) is 36.6 Å². The summed E-state index contributed by atoms with van der Waals surface area (Å²) in [6.07, 6.45) is 0.442. The number of nitrogens with one attached hydrogen (secondary N) is 2. The third-order valence-electron chi connectivity index (χ3n) is 5.39. The summed E-state index contributed by atoms with van der Waals surface area (Å²) in [6, 6.07) is 24.6. The Morgan fingerprint density at radius 2 is 1.56 bits per heavy atom. The molecule has 0 aromatic heterocycles. The van der Waals surface area contributed by atoms with Crippen LogP contribution >= 0.6 is 0 Å². The monoisotopic (exact) mass is 432 g/mol. The van der Waals surface area contributed by atoms with Crippen LogP contribution in [0.3, 0.4) is 0 Å². The van der Waals surface area contributed by atoms with Gasteiger partial charge >= 0.3 is 0 Å². The van der Waals surface area contributed by atoms with E-state index in [1.54, 1.807) is 24.3 Å². The average Bonchev–Trinajstić information content (AvgIpc) is 2.77. The summed E-state index contributed by atoms with van der Waals surface area (Å²) in [5, 5.41) is 26.2. The Morgan fingerprint density at radius 3 is 2.28 bits per heavy atom. The Hall–Kier alpha value is -3.15. The largest absolute Gasteiger partial charge is 0.508 e. The molecule has 3 rings (SSSR count). The first-order chi connectivity index (χ1) is 15.3. The van der Waals surface area contributed by atoms with Crippen LogP contribution in [0.25, 0.3) is 0 Å². The number of carbonyl (C=O) groups is 1. The fraction of sp³-hybridized carbons (Fsp3) is 0.296. The molecule has 0 saturated heterocycles. The highest BCUT2D eigenvalue weighted by molar-refractivity contribution is 5.78. The molecule has 5 nitrogen and oxygen atoms in total. The molecule has 0 heterocycles. The molecule has 3 aromatic carbocycles. The maximum absolute atomic E-state index is 12.3. The van der Waals surface area contributed by atoms with E-state index in [0.29, 0.717) is 19.5 Å². The molecule has 0 fully saturated rings. The van der Waals surface area contributed by atoms with E-state index in [0.717, 1.165) is 28.7 Å². The fourth-order valence-corrected chi connectivity index (χ4v) is 3.65. The lowest BCUT2D eigenvalue weighted by Crippen LogP contribution is -2.43. The van der Waals surface area contributed by atoms with Crippen molar-refractivity contribution in [2.45, 2.75) is 44.9 Å². The standard InChI is InChI=1S/C27H32N2O3/c1-27(2,29-19-25(31)23-11-13-24(30)14-12-23)17-22-10-6-9-21(15-22)16-26(32)28-18-20-7-4-3-5-8-20/h3-15,25,29-31H,16-19H2,1-2H3,(H,28,32). The van der Waals surface area contributed by atoms with Gasteiger partial charge in [0.25, 0.3) is 0 Å². The van der Waals surface area contributed by atoms with Crippen LogP contribution in [0.4, 0.5) is 0 Å². The molecule has 1 atom stereocenters. The zero-order chi connectivity index (χ0) is 23.0. The number of aliphatic hydroxyl groups is 1. The van der Waals surface area contributed by atoms with E-state index in [4.69, 9.17) is 0 Å². The molecule has 0 bridgehead atoms. The molecule has 0 saturated carbocycles. The van der Waals surface area contributed by atoms with Gasteiger partial charge in [0.05, 0.1) is 12.5 Å². The Balaban J connectivity index is 1.51.